The summed E-state index contributed by atoms with van der Waals surface area (Å²) in [6, 6.07) is 13.1. The first-order valence-electron chi connectivity index (χ1n) is 5.56. The maximum absolute atomic E-state index is 9.32. The number of aromatic hydroxyl groups is 1. The Morgan fingerprint density at radius 2 is 1.83 bits per heavy atom. The van der Waals surface area contributed by atoms with Crippen molar-refractivity contribution in [2.45, 2.75) is 0 Å². The van der Waals surface area contributed by atoms with Crippen LogP contribution in [0.3, 0.4) is 0 Å². The van der Waals surface area contributed by atoms with Crippen molar-refractivity contribution in [1.29, 1.82) is 0 Å². The fourth-order valence-electron chi connectivity index (χ4n) is 2.04. The summed E-state index contributed by atoms with van der Waals surface area (Å²) in [4.78, 5) is 4.62. The summed E-state index contributed by atoms with van der Waals surface area (Å²) in [5, 5.41) is 9.32. The fraction of sp³-hybridized carbons (Fsp3) is 0.0714. The largest absolute Gasteiger partial charge is 0.508 e. The molecule has 0 aliphatic carbocycles. The van der Waals surface area contributed by atoms with Gasteiger partial charge in [0.25, 0.3) is 0 Å². The summed E-state index contributed by atoms with van der Waals surface area (Å²) in [5.74, 6) is 1.16. The van der Waals surface area contributed by atoms with E-state index in [4.69, 9.17) is 0 Å². The van der Waals surface area contributed by atoms with Crippen molar-refractivity contribution in [2.24, 2.45) is 7.05 Å². The van der Waals surface area contributed by atoms with E-state index >= 15 is 0 Å². The second kappa shape index (κ2) is 4.14. The Labute approximate surface area is 113 Å². The Morgan fingerprint density at radius 3 is 2.56 bits per heavy atom. The molecule has 4 heteroatoms. The van der Waals surface area contributed by atoms with E-state index in [1.165, 1.54) is 0 Å². The molecule has 0 aliphatic rings. The number of aromatic nitrogens is 2. The van der Waals surface area contributed by atoms with Crippen LogP contribution < -0.4 is 0 Å². The molecule has 90 valence electrons. The lowest BCUT2D eigenvalue weighted by Gasteiger charge is -2.02. The van der Waals surface area contributed by atoms with E-state index in [-0.39, 0.29) is 5.75 Å². The molecule has 0 bridgehead atoms. The molecule has 0 amide bonds. The molecule has 0 aliphatic heterocycles. The van der Waals surface area contributed by atoms with Crippen LogP contribution in [0, 0.1) is 0 Å². The SMILES string of the molecule is Cn1c(-c2ccc(O)cc2)nc2cc(Br)ccc21. The zero-order chi connectivity index (χ0) is 12.7. The number of hydrogen-bond donors (Lipinski definition) is 1. The first-order valence-corrected chi connectivity index (χ1v) is 6.36. The third-order valence-corrected chi connectivity index (χ3v) is 3.46. The van der Waals surface area contributed by atoms with Crippen molar-refractivity contribution in [1.82, 2.24) is 9.55 Å². The van der Waals surface area contributed by atoms with Crippen LogP contribution in [0.25, 0.3) is 22.4 Å². The number of halogens is 1. The smallest absolute Gasteiger partial charge is 0.140 e. The number of phenolic OH excluding ortho intramolecular Hbond substituents is 1. The number of aryl methyl sites for hydroxylation is 1. The zero-order valence-electron chi connectivity index (χ0n) is 9.76. The van der Waals surface area contributed by atoms with Crippen molar-refractivity contribution in [2.75, 3.05) is 0 Å². The molecule has 1 N–H and O–H groups in total. The maximum Gasteiger partial charge on any atom is 0.140 e. The third kappa shape index (κ3) is 1.78. The molecule has 3 rings (SSSR count). The summed E-state index contributed by atoms with van der Waals surface area (Å²) in [5.41, 5.74) is 3.03. The third-order valence-electron chi connectivity index (χ3n) is 2.97. The van der Waals surface area contributed by atoms with E-state index < -0.39 is 0 Å². The van der Waals surface area contributed by atoms with E-state index in [0.717, 1.165) is 26.9 Å². The van der Waals surface area contributed by atoms with Crippen LogP contribution >= 0.6 is 15.9 Å². The standard InChI is InChI=1S/C14H11BrN2O/c1-17-13-7-4-10(15)8-12(13)16-14(17)9-2-5-11(18)6-3-9/h2-8,18H,1H3. The lowest BCUT2D eigenvalue weighted by Crippen LogP contribution is -1.91. The second-order valence-corrected chi connectivity index (χ2v) is 5.09. The van der Waals surface area contributed by atoms with Gasteiger partial charge in [-0.15, -0.1) is 0 Å². The highest BCUT2D eigenvalue weighted by Crippen LogP contribution is 2.26. The molecule has 0 saturated heterocycles. The normalized spacial score (nSPS) is 11.0. The lowest BCUT2D eigenvalue weighted by atomic mass is 10.2. The van der Waals surface area contributed by atoms with Gasteiger partial charge in [-0.25, -0.2) is 4.98 Å². The number of nitrogens with zero attached hydrogens (tertiary/aromatic N) is 2. The average Bonchev–Trinajstić information content (AvgIpc) is 2.67. The Balaban J connectivity index is 2.23. The molecule has 18 heavy (non-hydrogen) atoms. The Kier molecular flexibility index (Phi) is 2.59. The number of rotatable bonds is 1. The van der Waals surface area contributed by atoms with Gasteiger partial charge in [0, 0.05) is 17.1 Å². The summed E-state index contributed by atoms with van der Waals surface area (Å²) >= 11 is 3.45. The zero-order valence-corrected chi connectivity index (χ0v) is 11.3. The average molecular weight is 303 g/mol. The van der Waals surface area contributed by atoms with E-state index in [1.54, 1.807) is 12.1 Å². The first kappa shape index (κ1) is 11.3. The van der Waals surface area contributed by atoms with Crippen LogP contribution in [0.4, 0.5) is 0 Å². The van der Waals surface area contributed by atoms with Crippen molar-refractivity contribution in [3.05, 3.63) is 46.9 Å². The number of benzene rings is 2. The number of phenols is 1. The predicted octanol–water partition coefficient (Wildman–Crippen LogP) is 3.71. The van der Waals surface area contributed by atoms with Gasteiger partial charge < -0.3 is 9.67 Å². The van der Waals surface area contributed by atoms with Gasteiger partial charge in [-0.05, 0) is 42.5 Å². The van der Waals surface area contributed by atoms with Crippen molar-refractivity contribution >= 4 is 27.0 Å². The molecule has 0 unspecified atom stereocenters. The molecule has 1 heterocycles. The van der Waals surface area contributed by atoms with Crippen LogP contribution in [-0.4, -0.2) is 14.7 Å². The van der Waals surface area contributed by atoms with Crippen LogP contribution in [0.2, 0.25) is 0 Å². The van der Waals surface area contributed by atoms with Crippen LogP contribution in [0.1, 0.15) is 0 Å². The fourth-order valence-corrected chi connectivity index (χ4v) is 2.39. The molecule has 3 nitrogen and oxygen atoms in total. The summed E-state index contributed by atoms with van der Waals surface area (Å²) in [6.45, 7) is 0. The molecule has 3 aromatic rings. The van der Waals surface area contributed by atoms with Gasteiger partial charge in [0.2, 0.25) is 0 Å². The molecule has 2 aromatic carbocycles. The van der Waals surface area contributed by atoms with E-state index in [1.807, 2.05) is 41.9 Å². The Hall–Kier alpha value is -1.81. The number of fused-ring (bicyclic) bond motifs is 1. The van der Waals surface area contributed by atoms with Gasteiger partial charge in [-0.3, -0.25) is 0 Å². The molecule has 0 radical (unpaired) electrons. The molecular weight excluding hydrogens is 292 g/mol. The maximum atomic E-state index is 9.32. The van der Waals surface area contributed by atoms with Gasteiger partial charge >= 0.3 is 0 Å². The first-order chi connectivity index (χ1) is 8.65. The Bertz CT molecular complexity index is 716. The van der Waals surface area contributed by atoms with Crippen molar-refractivity contribution in [3.8, 4) is 17.1 Å². The van der Waals surface area contributed by atoms with Crippen molar-refractivity contribution < 1.29 is 5.11 Å². The topological polar surface area (TPSA) is 38.0 Å². The number of imidazole rings is 1. The highest BCUT2D eigenvalue weighted by Gasteiger charge is 2.09. The second-order valence-electron chi connectivity index (χ2n) is 4.17. The minimum atomic E-state index is 0.264. The molecule has 1 aromatic heterocycles. The molecule has 0 fully saturated rings. The lowest BCUT2D eigenvalue weighted by molar-refractivity contribution is 0.475. The van der Waals surface area contributed by atoms with E-state index in [9.17, 15) is 5.11 Å². The van der Waals surface area contributed by atoms with E-state index in [2.05, 4.69) is 20.9 Å². The quantitative estimate of drug-likeness (QED) is 0.744. The number of hydrogen-bond acceptors (Lipinski definition) is 2. The van der Waals surface area contributed by atoms with Crippen molar-refractivity contribution in [3.63, 3.8) is 0 Å². The summed E-state index contributed by atoms with van der Waals surface area (Å²) < 4.78 is 3.07. The molecular formula is C14H11BrN2O. The molecule has 0 saturated carbocycles. The minimum absolute atomic E-state index is 0.264. The minimum Gasteiger partial charge on any atom is -0.508 e. The molecule has 0 atom stereocenters. The highest BCUT2D eigenvalue weighted by atomic mass is 79.9. The van der Waals surface area contributed by atoms with Crippen LogP contribution in [-0.2, 0) is 7.05 Å². The molecule has 0 spiro atoms. The monoisotopic (exact) mass is 302 g/mol. The van der Waals surface area contributed by atoms with Gasteiger partial charge in [0.1, 0.15) is 11.6 Å². The van der Waals surface area contributed by atoms with Crippen LogP contribution in [0.15, 0.2) is 46.9 Å². The van der Waals surface area contributed by atoms with Gasteiger partial charge in [0.15, 0.2) is 0 Å². The Morgan fingerprint density at radius 1 is 1.11 bits per heavy atom. The van der Waals surface area contributed by atoms with Crippen LogP contribution in [0.5, 0.6) is 5.75 Å². The summed E-state index contributed by atoms with van der Waals surface area (Å²) in [6.07, 6.45) is 0. The predicted molar refractivity (Wildman–Crippen MR) is 75.5 cm³/mol. The highest BCUT2D eigenvalue weighted by molar-refractivity contribution is 9.10. The van der Waals surface area contributed by atoms with E-state index in [0.29, 0.717) is 0 Å². The summed E-state index contributed by atoms with van der Waals surface area (Å²) in [7, 11) is 1.99. The van der Waals surface area contributed by atoms with Gasteiger partial charge in [-0.1, -0.05) is 15.9 Å². The van der Waals surface area contributed by atoms with Gasteiger partial charge in [-0.2, -0.15) is 0 Å². The van der Waals surface area contributed by atoms with Gasteiger partial charge in [0.05, 0.1) is 11.0 Å².